The second-order valence-corrected chi connectivity index (χ2v) is 3.23. The van der Waals surface area contributed by atoms with Gasteiger partial charge in [0, 0.05) is 0 Å². The molecule has 0 spiro atoms. The first kappa shape index (κ1) is 10.9. The molecule has 6 nitrogen and oxygen atoms in total. The van der Waals surface area contributed by atoms with Gasteiger partial charge in [-0.25, -0.2) is 4.79 Å². The summed E-state index contributed by atoms with van der Waals surface area (Å²) in [6, 6.07) is -1.52. The number of hydrogen-bond donors (Lipinski definition) is 4. The van der Waals surface area contributed by atoms with Gasteiger partial charge in [-0.1, -0.05) is 0 Å². The molecule has 6 heteroatoms. The Hall–Kier alpha value is -1.14. The van der Waals surface area contributed by atoms with Gasteiger partial charge in [0.05, 0.1) is 12.6 Å². The van der Waals surface area contributed by atoms with Crippen molar-refractivity contribution in [3.05, 3.63) is 0 Å². The lowest BCUT2D eigenvalue weighted by Gasteiger charge is -2.15. The fourth-order valence-electron chi connectivity index (χ4n) is 1.37. The number of carbonyl (C=O) groups is 2. The molecular weight excluding hydrogens is 188 g/mol. The number of carboxylic acid groups (broad SMARTS) is 1. The molecule has 0 aromatic carbocycles. The third kappa shape index (κ3) is 2.68. The first-order valence-electron chi connectivity index (χ1n) is 4.52. The molecule has 1 aliphatic rings. The van der Waals surface area contributed by atoms with Crippen LogP contribution in [0, 0.1) is 0 Å². The number of aliphatic hydroxyl groups is 1. The maximum atomic E-state index is 11.4. The Labute approximate surface area is 81.3 Å². The Morgan fingerprint density at radius 3 is 2.71 bits per heavy atom. The quantitative estimate of drug-likeness (QED) is 0.435. The van der Waals surface area contributed by atoms with E-state index in [9.17, 15) is 9.59 Å². The minimum absolute atomic E-state index is 0.316. The molecule has 1 fully saturated rings. The number of aliphatic carboxylic acids is 1. The van der Waals surface area contributed by atoms with Gasteiger partial charge in [-0.15, -0.1) is 0 Å². The summed E-state index contributed by atoms with van der Waals surface area (Å²) >= 11 is 0. The summed E-state index contributed by atoms with van der Waals surface area (Å²) in [5.41, 5.74) is 0. The first-order chi connectivity index (χ1) is 6.65. The Kier molecular flexibility index (Phi) is 3.84. The molecule has 14 heavy (non-hydrogen) atoms. The SMILES string of the molecule is O=C(N[C@@H](CO)C(=O)O)C1CCCN1. The Bertz CT molecular complexity index is 225. The second-order valence-electron chi connectivity index (χ2n) is 3.23. The number of aliphatic hydroxyl groups excluding tert-OH is 1. The van der Waals surface area contributed by atoms with Gasteiger partial charge in [0.1, 0.15) is 6.04 Å². The van der Waals surface area contributed by atoms with Crippen LogP contribution in [-0.4, -0.2) is 47.3 Å². The van der Waals surface area contributed by atoms with Crippen molar-refractivity contribution in [2.45, 2.75) is 24.9 Å². The van der Waals surface area contributed by atoms with Gasteiger partial charge in [-0.05, 0) is 19.4 Å². The van der Waals surface area contributed by atoms with Crippen molar-refractivity contribution in [2.24, 2.45) is 0 Å². The van der Waals surface area contributed by atoms with E-state index in [1.807, 2.05) is 0 Å². The normalized spacial score (nSPS) is 23.1. The van der Waals surface area contributed by atoms with Gasteiger partial charge >= 0.3 is 5.97 Å². The van der Waals surface area contributed by atoms with E-state index < -0.39 is 18.6 Å². The van der Waals surface area contributed by atoms with E-state index >= 15 is 0 Å². The minimum atomic E-state index is -1.22. The molecule has 1 rings (SSSR count). The fourth-order valence-corrected chi connectivity index (χ4v) is 1.37. The maximum absolute atomic E-state index is 11.4. The molecule has 1 heterocycles. The van der Waals surface area contributed by atoms with Gasteiger partial charge < -0.3 is 20.8 Å². The van der Waals surface area contributed by atoms with E-state index in [1.54, 1.807) is 0 Å². The van der Waals surface area contributed by atoms with E-state index in [-0.39, 0.29) is 11.9 Å². The summed E-state index contributed by atoms with van der Waals surface area (Å²) in [6.45, 7) is 0.183. The number of carbonyl (C=O) groups excluding carboxylic acids is 1. The number of amides is 1. The molecular formula is C8H14N2O4. The van der Waals surface area contributed by atoms with Crippen LogP contribution in [0.15, 0.2) is 0 Å². The minimum Gasteiger partial charge on any atom is -0.480 e. The summed E-state index contributed by atoms with van der Waals surface area (Å²) in [5.74, 6) is -1.58. The summed E-state index contributed by atoms with van der Waals surface area (Å²) in [4.78, 5) is 21.9. The first-order valence-corrected chi connectivity index (χ1v) is 4.52. The van der Waals surface area contributed by atoms with E-state index in [0.717, 1.165) is 13.0 Å². The fraction of sp³-hybridized carbons (Fsp3) is 0.750. The maximum Gasteiger partial charge on any atom is 0.328 e. The van der Waals surface area contributed by atoms with E-state index in [1.165, 1.54) is 0 Å². The van der Waals surface area contributed by atoms with E-state index in [0.29, 0.717) is 6.42 Å². The molecule has 0 saturated carbocycles. The summed E-state index contributed by atoms with van der Waals surface area (Å²) in [7, 11) is 0. The topological polar surface area (TPSA) is 98.7 Å². The summed E-state index contributed by atoms with van der Waals surface area (Å²) in [6.07, 6.45) is 1.62. The van der Waals surface area contributed by atoms with Crippen LogP contribution in [0.2, 0.25) is 0 Å². The van der Waals surface area contributed by atoms with Gasteiger partial charge in [0.15, 0.2) is 0 Å². The highest BCUT2D eigenvalue weighted by molar-refractivity contribution is 5.87. The van der Waals surface area contributed by atoms with E-state index in [2.05, 4.69) is 10.6 Å². The zero-order chi connectivity index (χ0) is 10.6. The summed E-state index contributed by atoms with van der Waals surface area (Å²) < 4.78 is 0. The van der Waals surface area contributed by atoms with Crippen LogP contribution in [0.3, 0.4) is 0 Å². The van der Waals surface area contributed by atoms with Gasteiger partial charge in [0.2, 0.25) is 5.91 Å². The average molecular weight is 202 g/mol. The molecule has 2 atom stereocenters. The highest BCUT2D eigenvalue weighted by atomic mass is 16.4. The zero-order valence-electron chi connectivity index (χ0n) is 7.69. The molecule has 1 unspecified atom stereocenters. The third-order valence-electron chi connectivity index (χ3n) is 2.17. The van der Waals surface area contributed by atoms with Crippen molar-refractivity contribution in [1.29, 1.82) is 0 Å². The number of carboxylic acids is 1. The molecule has 0 radical (unpaired) electrons. The number of hydrogen-bond acceptors (Lipinski definition) is 4. The van der Waals surface area contributed by atoms with Crippen molar-refractivity contribution in [3.63, 3.8) is 0 Å². The molecule has 80 valence electrons. The molecule has 1 amide bonds. The second kappa shape index (κ2) is 4.92. The van der Waals surface area contributed by atoms with Crippen LogP contribution >= 0.6 is 0 Å². The Morgan fingerprint density at radius 1 is 1.57 bits per heavy atom. The molecule has 4 N–H and O–H groups in total. The molecule has 1 saturated heterocycles. The molecule has 1 aliphatic heterocycles. The number of nitrogens with one attached hydrogen (secondary N) is 2. The number of rotatable bonds is 4. The van der Waals surface area contributed by atoms with Crippen molar-refractivity contribution >= 4 is 11.9 Å². The van der Waals surface area contributed by atoms with Crippen LogP contribution in [0.5, 0.6) is 0 Å². The lowest BCUT2D eigenvalue weighted by molar-refractivity contribution is -0.143. The van der Waals surface area contributed by atoms with E-state index in [4.69, 9.17) is 10.2 Å². The van der Waals surface area contributed by atoms with Crippen LogP contribution in [0.1, 0.15) is 12.8 Å². The lowest BCUT2D eigenvalue weighted by Crippen LogP contribution is -2.49. The zero-order valence-corrected chi connectivity index (χ0v) is 7.69. The van der Waals surface area contributed by atoms with Crippen LogP contribution in [0.4, 0.5) is 0 Å². The largest absolute Gasteiger partial charge is 0.480 e. The highest BCUT2D eigenvalue weighted by Crippen LogP contribution is 2.04. The smallest absolute Gasteiger partial charge is 0.328 e. The molecule has 0 bridgehead atoms. The highest BCUT2D eigenvalue weighted by Gasteiger charge is 2.26. The molecule has 0 aliphatic carbocycles. The van der Waals surface area contributed by atoms with Gasteiger partial charge in [-0.3, -0.25) is 4.79 Å². The standard InChI is InChI=1S/C8H14N2O4/c11-4-6(8(13)14)10-7(12)5-2-1-3-9-5/h5-6,9,11H,1-4H2,(H,10,12)(H,13,14)/t5?,6-/m0/s1. The molecule has 0 aromatic heterocycles. The van der Waals surface area contributed by atoms with Gasteiger partial charge in [0.25, 0.3) is 0 Å². The van der Waals surface area contributed by atoms with Crippen LogP contribution < -0.4 is 10.6 Å². The average Bonchev–Trinajstić information content (AvgIpc) is 2.65. The predicted molar refractivity (Wildman–Crippen MR) is 47.7 cm³/mol. The lowest BCUT2D eigenvalue weighted by atomic mass is 10.2. The summed E-state index contributed by atoms with van der Waals surface area (Å²) in [5, 5.41) is 22.4. The van der Waals surface area contributed by atoms with Crippen molar-refractivity contribution in [1.82, 2.24) is 10.6 Å². The van der Waals surface area contributed by atoms with Crippen molar-refractivity contribution in [2.75, 3.05) is 13.2 Å². The van der Waals surface area contributed by atoms with Crippen LogP contribution in [-0.2, 0) is 9.59 Å². The van der Waals surface area contributed by atoms with Gasteiger partial charge in [-0.2, -0.15) is 0 Å². The predicted octanol–water partition coefficient (Wildman–Crippen LogP) is -1.70. The van der Waals surface area contributed by atoms with Crippen LogP contribution in [0.25, 0.3) is 0 Å². The monoisotopic (exact) mass is 202 g/mol. The third-order valence-corrected chi connectivity index (χ3v) is 2.17. The Morgan fingerprint density at radius 2 is 2.29 bits per heavy atom. The van der Waals surface area contributed by atoms with Crippen molar-refractivity contribution in [3.8, 4) is 0 Å². The molecule has 0 aromatic rings. The van der Waals surface area contributed by atoms with Crippen molar-refractivity contribution < 1.29 is 19.8 Å². The Balaban J connectivity index is 2.41.